The number of hydrogen-bond acceptors (Lipinski definition) is 7. The van der Waals surface area contributed by atoms with Crippen molar-refractivity contribution in [2.75, 3.05) is 13.7 Å². The molecule has 0 aliphatic rings. The number of halogens is 3. The largest absolute Gasteiger partial charge is 0.490 e. The van der Waals surface area contributed by atoms with Crippen molar-refractivity contribution >= 4 is 16.9 Å². The highest BCUT2D eigenvalue weighted by Gasteiger charge is 2.40. The van der Waals surface area contributed by atoms with Crippen LogP contribution in [0.25, 0.3) is 11.0 Å². The Hall–Kier alpha value is -3.69. The molecule has 32 heavy (non-hydrogen) atoms. The summed E-state index contributed by atoms with van der Waals surface area (Å²) in [5.74, 6) is -3.20. The quantitative estimate of drug-likeness (QED) is 0.470. The van der Waals surface area contributed by atoms with Gasteiger partial charge in [-0.15, -0.1) is 0 Å². The minimum absolute atomic E-state index is 0.0158. The van der Waals surface area contributed by atoms with E-state index in [-0.39, 0.29) is 34.8 Å². The number of carbonyl (C=O) groups excluding carboxylic acids is 1. The van der Waals surface area contributed by atoms with Crippen LogP contribution in [0, 0.1) is 0 Å². The molecule has 0 aliphatic heterocycles. The summed E-state index contributed by atoms with van der Waals surface area (Å²) in [6.45, 7) is 3.34. The number of fused-ring (bicyclic) bond motifs is 1. The highest BCUT2D eigenvalue weighted by Crippen LogP contribution is 2.40. The lowest BCUT2D eigenvalue weighted by molar-refractivity contribution is -0.154. The molecule has 3 aromatic rings. The molecule has 3 rings (SSSR count). The maximum absolute atomic E-state index is 13.7. The van der Waals surface area contributed by atoms with E-state index < -0.39 is 35.2 Å². The second-order valence-corrected chi connectivity index (χ2v) is 6.51. The van der Waals surface area contributed by atoms with Crippen LogP contribution < -0.4 is 19.6 Å². The molecule has 1 unspecified atom stereocenters. The zero-order valence-corrected chi connectivity index (χ0v) is 17.3. The molecule has 0 saturated heterocycles. The maximum atomic E-state index is 13.7. The van der Waals surface area contributed by atoms with Gasteiger partial charge in [0.15, 0.2) is 17.6 Å². The third-order valence-electron chi connectivity index (χ3n) is 4.29. The first-order valence-corrected chi connectivity index (χ1v) is 9.48. The lowest BCUT2D eigenvalue weighted by Crippen LogP contribution is -2.24. The normalized spacial score (nSPS) is 12.3. The second-order valence-electron chi connectivity index (χ2n) is 6.51. The van der Waals surface area contributed by atoms with Gasteiger partial charge in [-0.3, -0.25) is 4.79 Å². The Labute approximate surface area is 180 Å². The topological polar surface area (TPSA) is 84.2 Å². The molecule has 2 aromatic carbocycles. The molecule has 1 heterocycles. The van der Waals surface area contributed by atoms with E-state index in [9.17, 15) is 22.8 Å². The van der Waals surface area contributed by atoms with Crippen molar-refractivity contribution in [3.63, 3.8) is 0 Å². The zero-order valence-electron chi connectivity index (χ0n) is 17.3. The van der Waals surface area contributed by atoms with Gasteiger partial charge in [0.2, 0.25) is 11.2 Å². The molecule has 0 bridgehead atoms. The van der Waals surface area contributed by atoms with Crippen molar-refractivity contribution in [3.05, 3.63) is 58.4 Å². The third kappa shape index (κ3) is 4.79. The fourth-order valence-corrected chi connectivity index (χ4v) is 2.85. The van der Waals surface area contributed by atoms with Gasteiger partial charge in [0.1, 0.15) is 11.3 Å². The highest BCUT2D eigenvalue weighted by atomic mass is 19.4. The summed E-state index contributed by atoms with van der Waals surface area (Å²) in [5.41, 5.74) is -1.42. The average Bonchev–Trinajstić information content (AvgIpc) is 2.75. The minimum Gasteiger partial charge on any atom is -0.490 e. The number of esters is 1. The molecule has 0 N–H and O–H groups in total. The Morgan fingerprint density at radius 3 is 2.44 bits per heavy atom. The second kappa shape index (κ2) is 9.21. The summed E-state index contributed by atoms with van der Waals surface area (Å²) in [7, 11) is 1.17. The van der Waals surface area contributed by atoms with E-state index in [0.29, 0.717) is 0 Å². The number of hydrogen-bond donors (Lipinski definition) is 0. The summed E-state index contributed by atoms with van der Waals surface area (Å²) in [4.78, 5) is 24.4. The van der Waals surface area contributed by atoms with E-state index in [1.807, 2.05) is 0 Å². The first-order chi connectivity index (χ1) is 15.2. The molecular weight excluding hydrogens is 433 g/mol. The molecular formula is C22H19F3O7. The van der Waals surface area contributed by atoms with Crippen LogP contribution >= 0.6 is 0 Å². The van der Waals surface area contributed by atoms with Crippen molar-refractivity contribution in [2.24, 2.45) is 0 Å². The molecule has 0 aliphatic carbocycles. The van der Waals surface area contributed by atoms with E-state index in [1.165, 1.54) is 44.4 Å². The number of ether oxygens (including phenoxy) is 4. The van der Waals surface area contributed by atoms with E-state index in [4.69, 9.17) is 18.6 Å². The van der Waals surface area contributed by atoms with E-state index in [1.54, 1.807) is 13.0 Å². The number of methoxy groups -OCH3 is 1. The maximum Gasteiger partial charge on any atom is 0.453 e. The minimum atomic E-state index is -5.03. The highest BCUT2D eigenvalue weighted by molar-refractivity contribution is 5.80. The first kappa shape index (κ1) is 23.0. The molecule has 7 nitrogen and oxygen atoms in total. The molecule has 10 heteroatoms. The number of alkyl halides is 3. The van der Waals surface area contributed by atoms with Crippen LogP contribution in [0.4, 0.5) is 13.2 Å². The van der Waals surface area contributed by atoms with E-state index >= 15 is 0 Å². The SMILES string of the molecule is CCOc1ccccc1Oc1c(C(F)(F)F)oc2cc(OC(C)C(=O)OC)ccc2c1=O. The van der Waals surface area contributed by atoms with E-state index in [0.717, 1.165) is 6.07 Å². The van der Waals surface area contributed by atoms with Crippen molar-refractivity contribution < 1.29 is 41.3 Å². The molecule has 0 spiro atoms. The van der Waals surface area contributed by atoms with Gasteiger partial charge in [0, 0.05) is 6.07 Å². The summed E-state index contributed by atoms with van der Waals surface area (Å²) < 4.78 is 66.8. The molecule has 0 amide bonds. The summed E-state index contributed by atoms with van der Waals surface area (Å²) in [6, 6.07) is 9.65. The Bertz CT molecular complexity index is 1180. The Kier molecular flexibility index (Phi) is 6.61. The smallest absolute Gasteiger partial charge is 0.453 e. The van der Waals surface area contributed by atoms with Crippen molar-refractivity contribution in [3.8, 4) is 23.0 Å². The molecule has 1 aromatic heterocycles. The summed E-state index contributed by atoms with van der Waals surface area (Å²) in [6.07, 6.45) is -6.05. The third-order valence-corrected chi connectivity index (χ3v) is 4.29. The van der Waals surface area contributed by atoms with Gasteiger partial charge in [0.25, 0.3) is 5.76 Å². The summed E-state index contributed by atoms with van der Waals surface area (Å²) >= 11 is 0. The Morgan fingerprint density at radius 2 is 1.81 bits per heavy atom. The first-order valence-electron chi connectivity index (χ1n) is 9.48. The van der Waals surface area contributed by atoms with E-state index in [2.05, 4.69) is 4.74 Å². The van der Waals surface area contributed by atoms with Gasteiger partial charge in [-0.2, -0.15) is 13.2 Å². The zero-order chi connectivity index (χ0) is 23.5. The van der Waals surface area contributed by atoms with Gasteiger partial charge in [-0.05, 0) is 38.1 Å². The van der Waals surface area contributed by atoms with Crippen LogP contribution in [0.5, 0.6) is 23.0 Å². The van der Waals surface area contributed by atoms with Crippen LogP contribution in [0.1, 0.15) is 19.6 Å². The molecule has 1 atom stereocenters. The molecule has 0 fully saturated rings. The van der Waals surface area contributed by atoms with Crippen LogP contribution in [-0.2, 0) is 15.7 Å². The number of para-hydroxylation sites is 2. The lowest BCUT2D eigenvalue weighted by Gasteiger charge is -2.16. The van der Waals surface area contributed by atoms with Crippen molar-refractivity contribution in [1.82, 2.24) is 0 Å². The fourth-order valence-electron chi connectivity index (χ4n) is 2.85. The number of rotatable bonds is 7. The average molecular weight is 452 g/mol. The van der Waals surface area contributed by atoms with Gasteiger partial charge in [0.05, 0.1) is 19.1 Å². The Morgan fingerprint density at radius 1 is 1.12 bits per heavy atom. The fraction of sp³-hybridized carbons (Fsp3) is 0.273. The van der Waals surface area contributed by atoms with Gasteiger partial charge in [-0.1, -0.05) is 12.1 Å². The lowest BCUT2D eigenvalue weighted by atomic mass is 10.2. The Balaban J connectivity index is 2.11. The van der Waals surface area contributed by atoms with Crippen LogP contribution in [-0.4, -0.2) is 25.8 Å². The van der Waals surface area contributed by atoms with Crippen LogP contribution in [0.3, 0.4) is 0 Å². The molecule has 0 radical (unpaired) electrons. The van der Waals surface area contributed by atoms with Gasteiger partial charge in [-0.25, -0.2) is 4.79 Å². The molecule has 0 saturated carbocycles. The van der Waals surface area contributed by atoms with Gasteiger partial charge >= 0.3 is 12.1 Å². The summed E-state index contributed by atoms with van der Waals surface area (Å²) in [5, 5.41) is -0.167. The van der Waals surface area contributed by atoms with Crippen molar-refractivity contribution in [2.45, 2.75) is 26.1 Å². The van der Waals surface area contributed by atoms with Crippen LogP contribution in [0.15, 0.2) is 51.7 Å². The van der Waals surface area contributed by atoms with Crippen LogP contribution in [0.2, 0.25) is 0 Å². The molecule has 170 valence electrons. The number of carbonyl (C=O) groups is 1. The number of benzene rings is 2. The van der Waals surface area contributed by atoms with Crippen molar-refractivity contribution in [1.29, 1.82) is 0 Å². The standard InChI is InChI=1S/C22H19F3O7/c1-4-29-15-7-5-6-8-16(15)31-19-18(26)14-10-9-13(30-12(2)21(27)28-3)11-17(14)32-20(19)22(23,24)25/h5-12H,4H2,1-3H3. The van der Waals surface area contributed by atoms with Gasteiger partial charge < -0.3 is 23.4 Å². The monoisotopic (exact) mass is 452 g/mol. The predicted molar refractivity (Wildman–Crippen MR) is 107 cm³/mol. The predicted octanol–water partition coefficient (Wildman–Crippen LogP) is 4.94.